The van der Waals surface area contributed by atoms with Gasteiger partial charge in [0.05, 0.1) is 28.3 Å². The van der Waals surface area contributed by atoms with E-state index >= 15 is 0 Å². The van der Waals surface area contributed by atoms with Crippen LogP contribution in [0.3, 0.4) is 0 Å². The van der Waals surface area contributed by atoms with Crippen molar-refractivity contribution in [2.75, 3.05) is 10.8 Å². The van der Waals surface area contributed by atoms with E-state index in [4.69, 9.17) is 0 Å². The lowest BCUT2D eigenvalue weighted by atomic mass is 9.88. The molecule has 2 heterocycles. The predicted molar refractivity (Wildman–Crippen MR) is 166 cm³/mol. The average Bonchev–Trinajstić information content (AvgIpc) is 3.32. The quantitative estimate of drug-likeness (QED) is 0.209. The summed E-state index contributed by atoms with van der Waals surface area (Å²) in [5, 5.41) is 0.632. The van der Waals surface area contributed by atoms with E-state index in [1.165, 1.54) is 11.2 Å². The van der Waals surface area contributed by atoms with Gasteiger partial charge in [0.2, 0.25) is 5.91 Å². The summed E-state index contributed by atoms with van der Waals surface area (Å²) in [6.45, 7) is 3.21. The lowest BCUT2D eigenvalue weighted by molar-refractivity contribution is 0.0937. The number of aromatic nitrogens is 1. The number of allylic oxidation sites excluding steroid dienone is 1. The predicted octanol–water partition coefficient (Wildman–Crippen LogP) is 7.15. The van der Waals surface area contributed by atoms with Crippen LogP contribution < -0.4 is 4.31 Å². The van der Waals surface area contributed by atoms with E-state index in [-0.39, 0.29) is 23.1 Å². The number of ketones is 1. The van der Waals surface area contributed by atoms with Crippen LogP contribution in [-0.4, -0.2) is 31.2 Å². The fourth-order valence-electron chi connectivity index (χ4n) is 5.80. The lowest BCUT2D eigenvalue weighted by Crippen LogP contribution is -2.36. The Kier molecular flexibility index (Phi) is 7.12. The summed E-state index contributed by atoms with van der Waals surface area (Å²) in [4.78, 5) is 27.3. The molecular formula is C35H30N2O4S. The third-order valence-corrected chi connectivity index (χ3v) is 9.59. The van der Waals surface area contributed by atoms with Crippen molar-refractivity contribution in [1.29, 1.82) is 0 Å². The van der Waals surface area contributed by atoms with Gasteiger partial charge in [-0.1, -0.05) is 103 Å². The summed E-state index contributed by atoms with van der Waals surface area (Å²) in [6.07, 6.45) is 2.25. The highest BCUT2D eigenvalue weighted by atomic mass is 32.2. The number of Topliss-reactive ketones (excluding diaryl/α,β-unsaturated/α-hetero) is 1. The second kappa shape index (κ2) is 10.9. The number of carbonyl (C=O) groups is 2. The third kappa shape index (κ3) is 4.76. The number of rotatable bonds is 5. The molecule has 0 bridgehead atoms. The fourth-order valence-corrected chi connectivity index (χ4v) is 7.27. The minimum Gasteiger partial charge on any atom is -0.289 e. The molecule has 6 rings (SSSR count). The topological polar surface area (TPSA) is 76.5 Å². The first-order valence-electron chi connectivity index (χ1n) is 13.8. The molecule has 210 valence electrons. The Morgan fingerprint density at radius 1 is 0.786 bits per heavy atom. The van der Waals surface area contributed by atoms with E-state index in [1.54, 1.807) is 53.1 Å². The molecule has 0 saturated heterocycles. The molecule has 6 nitrogen and oxygen atoms in total. The molecule has 0 N–H and O–H groups in total. The van der Waals surface area contributed by atoms with Gasteiger partial charge in [-0.25, -0.2) is 8.42 Å². The second-order valence-corrected chi connectivity index (χ2v) is 12.4. The first kappa shape index (κ1) is 27.4. The van der Waals surface area contributed by atoms with E-state index in [1.807, 2.05) is 73.7 Å². The van der Waals surface area contributed by atoms with Crippen LogP contribution in [0, 0.1) is 6.92 Å². The molecule has 1 aliphatic rings. The highest BCUT2D eigenvalue weighted by molar-refractivity contribution is 7.92. The molecule has 0 amide bonds. The monoisotopic (exact) mass is 574 g/mol. The smallest absolute Gasteiger partial charge is 0.264 e. The van der Waals surface area contributed by atoms with Crippen LogP contribution in [0.2, 0.25) is 0 Å². The van der Waals surface area contributed by atoms with Crippen molar-refractivity contribution < 1.29 is 18.0 Å². The summed E-state index contributed by atoms with van der Waals surface area (Å²) in [6, 6.07) is 32.7. The number of para-hydroxylation sites is 1. The van der Waals surface area contributed by atoms with Crippen LogP contribution in [0.5, 0.6) is 0 Å². The molecule has 0 fully saturated rings. The fraction of sp³-hybridized carbons (Fsp3) is 0.143. The van der Waals surface area contributed by atoms with Gasteiger partial charge >= 0.3 is 0 Å². The number of fused-ring (bicyclic) bond motifs is 3. The van der Waals surface area contributed by atoms with Crippen molar-refractivity contribution in [3.05, 3.63) is 143 Å². The van der Waals surface area contributed by atoms with Crippen LogP contribution >= 0.6 is 0 Å². The Hall–Kier alpha value is -4.75. The number of nitrogens with zero attached hydrogens (tertiary/aromatic N) is 2. The molecule has 1 aromatic heterocycles. The Morgan fingerprint density at radius 3 is 2.07 bits per heavy atom. The average molecular weight is 575 g/mol. The number of carbonyl (C=O) groups excluding carboxylic acids is 2. The van der Waals surface area contributed by atoms with Crippen molar-refractivity contribution in [2.24, 2.45) is 0 Å². The van der Waals surface area contributed by atoms with Crippen molar-refractivity contribution >= 4 is 38.3 Å². The molecule has 4 aromatic carbocycles. The zero-order chi connectivity index (χ0) is 29.4. The highest BCUT2D eigenvalue weighted by Crippen LogP contribution is 2.45. The Labute approximate surface area is 245 Å². The molecule has 0 aliphatic carbocycles. The van der Waals surface area contributed by atoms with E-state index in [2.05, 4.69) is 0 Å². The maximum atomic E-state index is 14.6. The number of anilines is 1. The first-order valence-corrected chi connectivity index (χ1v) is 15.3. The molecule has 1 atom stereocenters. The molecule has 5 aromatic rings. The molecule has 1 aliphatic heterocycles. The van der Waals surface area contributed by atoms with Gasteiger partial charge < -0.3 is 0 Å². The SMILES string of the molecule is CC(=O)n1c2c(c3ccccc31)N(S(=O)(=O)c1ccc(C)cc1)C/C(C(=O)c1ccccc1)=C\C[C@H]2c1ccccc1. The number of hydrogen-bond acceptors (Lipinski definition) is 4. The van der Waals surface area contributed by atoms with Gasteiger partial charge in [0.15, 0.2) is 5.78 Å². The zero-order valence-corrected chi connectivity index (χ0v) is 24.2. The molecular weight excluding hydrogens is 544 g/mol. The number of aryl methyl sites for hydroxylation is 1. The van der Waals surface area contributed by atoms with Gasteiger partial charge in [-0.15, -0.1) is 0 Å². The maximum Gasteiger partial charge on any atom is 0.264 e. The standard InChI is InChI=1S/C35H30N2O4S/c1-24-17-20-29(21-18-24)42(40,41)36-23-28(35(39)27-13-7-4-8-14-27)19-22-30(26-11-5-3-6-12-26)34-33(36)31-15-9-10-16-32(31)37(34)25(2)38/h3-21,30H,22-23H2,1-2H3/b28-19+/t30-/m0/s1. The van der Waals surface area contributed by atoms with Crippen LogP contribution in [0.4, 0.5) is 5.69 Å². The number of sulfonamides is 1. The van der Waals surface area contributed by atoms with E-state index in [0.29, 0.717) is 39.8 Å². The van der Waals surface area contributed by atoms with Crippen molar-refractivity contribution in [3.8, 4) is 0 Å². The summed E-state index contributed by atoms with van der Waals surface area (Å²) in [5.74, 6) is -0.844. The largest absolute Gasteiger partial charge is 0.289 e. The molecule has 0 spiro atoms. The minimum atomic E-state index is -4.17. The molecule has 0 radical (unpaired) electrons. The van der Waals surface area contributed by atoms with Gasteiger partial charge in [-0.05, 0) is 37.1 Å². The van der Waals surface area contributed by atoms with Gasteiger partial charge in [-0.2, -0.15) is 0 Å². The Morgan fingerprint density at radius 2 is 1.40 bits per heavy atom. The summed E-state index contributed by atoms with van der Waals surface area (Å²) in [7, 11) is -4.17. The summed E-state index contributed by atoms with van der Waals surface area (Å²) < 4.78 is 32.1. The van der Waals surface area contributed by atoms with E-state index < -0.39 is 15.9 Å². The van der Waals surface area contributed by atoms with Gasteiger partial charge in [0, 0.05) is 29.4 Å². The minimum absolute atomic E-state index is 0.113. The van der Waals surface area contributed by atoms with E-state index in [0.717, 1.165) is 11.1 Å². The van der Waals surface area contributed by atoms with Crippen LogP contribution in [0.1, 0.15) is 51.2 Å². The number of benzene rings is 4. The van der Waals surface area contributed by atoms with E-state index in [9.17, 15) is 18.0 Å². The van der Waals surface area contributed by atoms with Gasteiger partial charge in [0.25, 0.3) is 10.0 Å². The van der Waals surface area contributed by atoms with Gasteiger partial charge in [0.1, 0.15) is 0 Å². The summed E-state index contributed by atoms with van der Waals surface area (Å²) in [5.41, 5.74) is 4.34. The summed E-state index contributed by atoms with van der Waals surface area (Å²) >= 11 is 0. The van der Waals surface area contributed by atoms with Crippen LogP contribution in [0.15, 0.2) is 126 Å². The second-order valence-electron chi connectivity index (χ2n) is 10.6. The Bertz CT molecular complexity index is 1940. The highest BCUT2D eigenvalue weighted by Gasteiger charge is 2.37. The first-order chi connectivity index (χ1) is 20.3. The van der Waals surface area contributed by atoms with Crippen molar-refractivity contribution in [3.63, 3.8) is 0 Å². The van der Waals surface area contributed by atoms with Crippen molar-refractivity contribution in [1.82, 2.24) is 4.57 Å². The lowest BCUT2D eigenvalue weighted by Gasteiger charge is -2.31. The molecule has 7 heteroatoms. The van der Waals surface area contributed by atoms with Crippen LogP contribution in [0.25, 0.3) is 10.9 Å². The number of hydrogen-bond donors (Lipinski definition) is 0. The Balaban J connectivity index is 1.69. The van der Waals surface area contributed by atoms with Crippen molar-refractivity contribution in [2.45, 2.75) is 31.1 Å². The molecule has 0 saturated carbocycles. The van der Waals surface area contributed by atoms with Gasteiger partial charge in [-0.3, -0.25) is 18.5 Å². The zero-order valence-electron chi connectivity index (χ0n) is 23.4. The van der Waals surface area contributed by atoms with Crippen LogP contribution in [-0.2, 0) is 10.0 Å². The third-order valence-electron chi connectivity index (χ3n) is 7.83. The molecule has 42 heavy (non-hydrogen) atoms. The maximum absolute atomic E-state index is 14.6. The molecule has 0 unspecified atom stereocenters. The normalized spacial score (nSPS) is 16.7.